The van der Waals surface area contributed by atoms with Crippen LogP contribution in [0.2, 0.25) is 0 Å². The highest BCUT2D eigenvalue weighted by Gasteiger charge is 2.47. The molecule has 3 atom stereocenters. The highest BCUT2D eigenvalue weighted by molar-refractivity contribution is 8.00. The van der Waals surface area contributed by atoms with Crippen LogP contribution in [0.15, 0.2) is 0 Å². The summed E-state index contributed by atoms with van der Waals surface area (Å²) in [4.78, 5) is 65.2. The molecule has 238 valence electrons. The van der Waals surface area contributed by atoms with Gasteiger partial charge in [0.2, 0.25) is 5.91 Å². The van der Waals surface area contributed by atoms with E-state index in [0.717, 1.165) is 31.6 Å². The third-order valence-corrected chi connectivity index (χ3v) is 8.52. The van der Waals surface area contributed by atoms with E-state index < -0.39 is 17.8 Å². The van der Waals surface area contributed by atoms with E-state index in [1.165, 1.54) is 0 Å². The molecular formula is C27H44N4O10S. The summed E-state index contributed by atoms with van der Waals surface area (Å²) < 4.78 is 21.6. The first-order valence-corrected chi connectivity index (χ1v) is 15.8. The molecule has 3 rings (SSSR count). The molecule has 2 N–H and O–H groups in total. The number of thioether (sulfide) groups is 1. The number of ether oxygens (including phenoxy) is 4. The molecular weight excluding hydrogens is 572 g/mol. The monoisotopic (exact) mass is 616 g/mol. The molecule has 3 aliphatic rings. The molecule has 3 heterocycles. The number of hydrogen-bond acceptors (Lipinski definition) is 11. The first kappa shape index (κ1) is 34.0. The average Bonchev–Trinajstić information content (AvgIpc) is 3.61. The molecule has 42 heavy (non-hydrogen) atoms. The minimum absolute atomic E-state index is 0.0239. The number of carbonyl (C=O) groups excluding carboxylic acids is 5. The first-order chi connectivity index (χ1) is 20.4. The number of carbonyl (C=O) groups is 5. The summed E-state index contributed by atoms with van der Waals surface area (Å²) in [5.74, 6) is -0.738. The van der Waals surface area contributed by atoms with E-state index in [9.17, 15) is 24.0 Å². The Morgan fingerprint density at radius 1 is 0.881 bits per heavy atom. The van der Waals surface area contributed by atoms with Crippen LogP contribution in [0.5, 0.6) is 0 Å². The summed E-state index contributed by atoms with van der Waals surface area (Å²) in [7, 11) is 0. The Bertz CT molecular complexity index is 894. The quantitative estimate of drug-likeness (QED) is 0.0997. The highest BCUT2D eigenvalue weighted by Crippen LogP contribution is 2.37. The number of nitrogens with zero attached hydrogens (tertiary/aromatic N) is 2. The van der Waals surface area contributed by atoms with Gasteiger partial charge in [0.05, 0.1) is 71.4 Å². The fourth-order valence-corrected chi connectivity index (χ4v) is 6.52. The molecule has 0 aromatic heterocycles. The number of urea groups is 1. The molecule has 0 aromatic rings. The molecule has 0 spiro atoms. The number of amides is 5. The van der Waals surface area contributed by atoms with Gasteiger partial charge in [0.1, 0.15) is 0 Å². The normalized spacial score (nSPS) is 21.6. The minimum atomic E-state index is -0.702. The number of imide groups is 1. The zero-order chi connectivity index (χ0) is 30.2. The number of hydroxylamine groups is 2. The number of nitrogens with one attached hydrogen (secondary N) is 2. The first-order valence-electron chi connectivity index (χ1n) is 14.7. The van der Waals surface area contributed by atoms with E-state index in [0.29, 0.717) is 62.9 Å². The van der Waals surface area contributed by atoms with E-state index in [-0.39, 0.29) is 56.5 Å². The van der Waals surface area contributed by atoms with Crippen LogP contribution in [0.4, 0.5) is 4.79 Å². The SMILES string of the molecule is CCN1C(=O)N[C@H]2CS[C@@H](CCCCC(=O)NCCOCCOCCOCCOCCC(=O)ON3C(=O)CCC3=O)[C@H]21. The maximum atomic E-state index is 12.1. The second-order valence-corrected chi connectivity index (χ2v) is 11.3. The lowest BCUT2D eigenvalue weighted by Crippen LogP contribution is -2.40. The van der Waals surface area contributed by atoms with Gasteiger partial charge in [-0.25, -0.2) is 9.59 Å². The molecule has 0 bridgehead atoms. The summed E-state index contributed by atoms with van der Waals surface area (Å²) in [5.41, 5.74) is 0. The number of unbranched alkanes of at least 4 members (excludes halogenated alkanes) is 1. The number of hydrogen-bond donors (Lipinski definition) is 2. The molecule has 3 saturated heterocycles. The van der Waals surface area contributed by atoms with Gasteiger partial charge < -0.3 is 39.3 Å². The predicted molar refractivity (Wildman–Crippen MR) is 151 cm³/mol. The predicted octanol–water partition coefficient (Wildman–Crippen LogP) is 0.624. The van der Waals surface area contributed by atoms with Gasteiger partial charge >= 0.3 is 12.0 Å². The largest absolute Gasteiger partial charge is 0.378 e. The van der Waals surface area contributed by atoms with Crippen molar-refractivity contribution in [2.45, 2.75) is 69.2 Å². The maximum absolute atomic E-state index is 12.1. The zero-order valence-electron chi connectivity index (χ0n) is 24.3. The van der Waals surface area contributed by atoms with Gasteiger partial charge in [-0.05, 0) is 19.8 Å². The number of likely N-dealkylation sites (N-methyl/N-ethyl adjacent to an activating group) is 1. The van der Waals surface area contributed by atoms with Gasteiger partial charge in [-0.2, -0.15) is 11.8 Å². The Morgan fingerprint density at radius 2 is 1.50 bits per heavy atom. The molecule has 0 unspecified atom stereocenters. The van der Waals surface area contributed by atoms with Gasteiger partial charge in [0, 0.05) is 43.4 Å². The van der Waals surface area contributed by atoms with Crippen molar-refractivity contribution in [2.75, 3.05) is 71.7 Å². The fourth-order valence-electron chi connectivity index (χ4n) is 4.92. The third kappa shape index (κ3) is 11.3. The van der Waals surface area contributed by atoms with Crippen molar-refractivity contribution in [3.05, 3.63) is 0 Å². The van der Waals surface area contributed by atoms with E-state index in [4.69, 9.17) is 23.8 Å². The van der Waals surface area contributed by atoms with Crippen molar-refractivity contribution in [1.82, 2.24) is 20.6 Å². The van der Waals surface area contributed by atoms with E-state index in [1.807, 2.05) is 23.6 Å². The van der Waals surface area contributed by atoms with Crippen LogP contribution in [0.3, 0.4) is 0 Å². The summed E-state index contributed by atoms with van der Waals surface area (Å²) in [5, 5.41) is 6.90. The van der Waals surface area contributed by atoms with Crippen LogP contribution in [-0.4, -0.2) is 129 Å². The van der Waals surface area contributed by atoms with Gasteiger partial charge in [-0.15, -0.1) is 5.06 Å². The zero-order valence-corrected chi connectivity index (χ0v) is 25.2. The van der Waals surface area contributed by atoms with E-state index in [1.54, 1.807) is 0 Å². The molecule has 0 aliphatic carbocycles. The van der Waals surface area contributed by atoms with Crippen molar-refractivity contribution in [2.24, 2.45) is 0 Å². The van der Waals surface area contributed by atoms with Crippen LogP contribution in [0.1, 0.15) is 51.9 Å². The van der Waals surface area contributed by atoms with Crippen molar-refractivity contribution < 1.29 is 47.8 Å². The maximum Gasteiger partial charge on any atom is 0.335 e. The van der Waals surface area contributed by atoms with Crippen molar-refractivity contribution in [3.63, 3.8) is 0 Å². The second-order valence-electron chi connectivity index (χ2n) is 10.0. The highest BCUT2D eigenvalue weighted by atomic mass is 32.2. The molecule has 15 heteroatoms. The van der Waals surface area contributed by atoms with Crippen LogP contribution in [-0.2, 0) is 43.0 Å². The lowest BCUT2D eigenvalue weighted by atomic mass is 10.0. The van der Waals surface area contributed by atoms with Crippen LogP contribution >= 0.6 is 11.8 Å². The lowest BCUT2D eigenvalue weighted by molar-refractivity contribution is -0.198. The van der Waals surface area contributed by atoms with Crippen LogP contribution < -0.4 is 10.6 Å². The van der Waals surface area contributed by atoms with E-state index >= 15 is 0 Å². The molecule has 0 saturated carbocycles. The Kier molecular flexibility index (Phi) is 15.4. The fraction of sp³-hybridized carbons (Fsp3) is 0.815. The second kappa shape index (κ2) is 18.9. The minimum Gasteiger partial charge on any atom is -0.378 e. The van der Waals surface area contributed by atoms with Gasteiger partial charge in [-0.3, -0.25) is 14.4 Å². The summed E-state index contributed by atoms with van der Waals surface area (Å²) >= 11 is 1.93. The molecule has 0 aromatic carbocycles. The topological polar surface area (TPSA) is 162 Å². The number of fused-ring (bicyclic) bond motifs is 1. The Labute approximate surface area is 250 Å². The third-order valence-electron chi connectivity index (χ3n) is 7.03. The summed E-state index contributed by atoms with van der Waals surface area (Å²) in [6.07, 6.45) is 3.34. The van der Waals surface area contributed by atoms with E-state index in [2.05, 4.69) is 10.6 Å². The smallest absolute Gasteiger partial charge is 0.335 e. The van der Waals surface area contributed by atoms with Crippen molar-refractivity contribution in [3.8, 4) is 0 Å². The van der Waals surface area contributed by atoms with Crippen molar-refractivity contribution in [1.29, 1.82) is 0 Å². The lowest BCUT2D eigenvalue weighted by Gasteiger charge is -2.26. The van der Waals surface area contributed by atoms with Gasteiger partial charge in [0.15, 0.2) is 0 Å². The van der Waals surface area contributed by atoms with Crippen molar-refractivity contribution >= 4 is 41.5 Å². The standard InChI is InChI=1S/C27H44N4O10S/c1-2-30-26-20(29-27(30)36)19-42-21(26)5-3-4-6-22(32)28-10-12-38-14-16-40-18-17-39-15-13-37-11-9-25(35)41-31-23(33)7-8-24(31)34/h20-21,26H,2-19H2,1H3,(H,28,32)(H,29,36)/t20-,21-,26-/m0/s1. The molecule has 3 aliphatic heterocycles. The Hall–Kier alpha value is -2.46. The molecule has 3 fully saturated rings. The van der Waals surface area contributed by atoms with Gasteiger partial charge in [-0.1, -0.05) is 6.42 Å². The van der Waals surface area contributed by atoms with Gasteiger partial charge in [0.25, 0.3) is 11.8 Å². The summed E-state index contributed by atoms with van der Waals surface area (Å²) in [6.45, 7) is 5.92. The Morgan fingerprint density at radius 3 is 2.14 bits per heavy atom. The Balaban J connectivity index is 1.03. The average molecular weight is 617 g/mol. The number of rotatable bonds is 22. The van der Waals surface area contributed by atoms with Crippen LogP contribution in [0, 0.1) is 0 Å². The molecule has 5 amide bonds. The van der Waals surface area contributed by atoms with Crippen LogP contribution in [0.25, 0.3) is 0 Å². The summed E-state index contributed by atoms with van der Waals surface area (Å²) in [6, 6.07) is 0.578. The molecule has 14 nitrogen and oxygen atoms in total. The molecule has 0 radical (unpaired) electrons.